The van der Waals surface area contributed by atoms with E-state index in [0.29, 0.717) is 13.2 Å². The quantitative estimate of drug-likeness (QED) is 0.890. The zero-order chi connectivity index (χ0) is 18.1. The molecule has 1 fully saturated rings. The lowest BCUT2D eigenvalue weighted by Gasteiger charge is -2.20. The number of carbonyl (C=O) groups excluding carboxylic acids is 1. The lowest BCUT2D eigenvalue weighted by Crippen LogP contribution is -2.30. The van der Waals surface area contributed by atoms with Crippen LogP contribution < -0.4 is 5.32 Å². The summed E-state index contributed by atoms with van der Waals surface area (Å²) >= 11 is 0. The van der Waals surface area contributed by atoms with E-state index in [1.807, 2.05) is 25.6 Å². The molecule has 0 unspecified atom stereocenters. The van der Waals surface area contributed by atoms with Crippen molar-refractivity contribution >= 4 is 5.91 Å². The van der Waals surface area contributed by atoms with Gasteiger partial charge in [-0.25, -0.2) is 4.39 Å². The predicted octanol–water partition coefficient (Wildman–Crippen LogP) is 2.39. The number of phenolic OH excluding ortho intramolecular Hbond substituents is 1. The van der Waals surface area contributed by atoms with Gasteiger partial charge >= 0.3 is 0 Å². The highest BCUT2D eigenvalue weighted by atomic mass is 19.1. The molecule has 3 rings (SSSR count). The van der Waals surface area contributed by atoms with Gasteiger partial charge in [0.05, 0.1) is 17.4 Å². The van der Waals surface area contributed by atoms with Crippen molar-refractivity contribution in [2.75, 3.05) is 13.2 Å². The van der Waals surface area contributed by atoms with Crippen LogP contribution >= 0.6 is 0 Å². The molecule has 0 aliphatic carbocycles. The number of halogens is 1. The molecule has 1 amide bonds. The molecule has 2 atom stereocenters. The average molecular weight is 347 g/mol. The van der Waals surface area contributed by atoms with Gasteiger partial charge in [-0.05, 0) is 32.4 Å². The first kappa shape index (κ1) is 17.4. The molecular weight excluding hydrogens is 325 g/mol. The van der Waals surface area contributed by atoms with E-state index in [9.17, 15) is 14.3 Å². The average Bonchev–Trinajstić information content (AvgIpc) is 3.09. The van der Waals surface area contributed by atoms with Gasteiger partial charge in [-0.15, -0.1) is 0 Å². The molecule has 7 heteroatoms. The fraction of sp³-hybridized carbons (Fsp3) is 0.444. The molecule has 134 valence electrons. The molecule has 25 heavy (non-hydrogen) atoms. The summed E-state index contributed by atoms with van der Waals surface area (Å²) in [5.41, 5.74) is 3.12. The Kier molecular flexibility index (Phi) is 4.76. The number of nitrogens with one attached hydrogen (secondary N) is 1. The van der Waals surface area contributed by atoms with E-state index in [2.05, 4.69) is 10.4 Å². The molecule has 0 bridgehead atoms. The van der Waals surface area contributed by atoms with Crippen LogP contribution in [0.1, 0.15) is 39.8 Å². The summed E-state index contributed by atoms with van der Waals surface area (Å²) in [6.45, 7) is 4.99. The second kappa shape index (κ2) is 6.84. The van der Waals surface area contributed by atoms with Crippen LogP contribution in [0, 0.1) is 25.6 Å². The van der Waals surface area contributed by atoms with E-state index in [4.69, 9.17) is 4.74 Å². The molecule has 2 heterocycles. The molecule has 0 radical (unpaired) electrons. The highest BCUT2D eigenvalue weighted by molar-refractivity contribution is 5.96. The summed E-state index contributed by atoms with van der Waals surface area (Å²) in [6.07, 6.45) is 0.713. The minimum absolute atomic E-state index is 0.0607. The van der Waals surface area contributed by atoms with Crippen molar-refractivity contribution in [1.82, 2.24) is 15.1 Å². The Hall–Kier alpha value is -2.41. The first-order chi connectivity index (χ1) is 11.9. The minimum atomic E-state index is -0.583. The van der Waals surface area contributed by atoms with Crippen molar-refractivity contribution in [3.8, 4) is 5.75 Å². The predicted molar refractivity (Wildman–Crippen MR) is 89.9 cm³/mol. The van der Waals surface area contributed by atoms with E-state index >= 15 is 0 Å². The standard InChI is InChI=1S/C18H22FN3O3/c1-10-16(11(2)22(3)21-10)17-12(6-7-25-17)9-20-18(24)14-5-4-13(19)8-15(14)23/h4-5,8,12,17,23H,6-7,9H2,1-3H3,(H,20,24)/t12-,17+/m0/s1. The van der Waals surface area contributed by atoms with E-state index in [1.54, 1.807) is 0 Å². The smallest absolute Gasteiger partial charge is 0.255 e. The number of aryl methyl sites for hydroxylation is 2. The Morgan fingerprint density at radius 3 is 2.88 bits per heavy atom. The van der Waals surface area contributed by atoms with E-state index in [1.165, 1.54) is 6.07 Å². The molecule has 0 saturated carbocycles. The monoisotopic (exact) mass is 347 g/mol. The second-order valence-corrected chi connectivity index (χ2v) is 6.42. The van der Waals surface area contributed by atoms with Gasteiger partial charge < -0.3 is 15.2 Å². The maximum atomic E-state index is 13.0. The number of aromatic nitrogens is 2. The Labute approximate surface area is 145 Å². The van der Waals surface area contributed by atoms with Gasteiger partial charge in [-0.1, -0.05) is 0 Å². The van der Waals surface area contributed by atoms with Crippen LogP contribution in [0.2, 0.25) is 0 Å². The maximum absolute atomic E-state index is 13.0. The zero-order valence-corrected chi connectivity index (χ0v) is 14.5. The van der Waals surface area contributed by atoms with Crippen LogP contribution in [-0.2, 0) is 11.8 Å². The van der Waals surface area contributed by atoms with Crippen molar-refractivity contribution in [3.05, 3.63) is 46.5 Å². The van der Waals surface area contributed by atoms with Crippen molar-refractivity contribution < 1.29 is 19.0 Å². The molecular formula is C18H22FN3O3. The summed E-state index contributed by atoms with van der Waals surface area (Å²) < 4.78 is 20.8. The van der Waals surface area contributed by atoms with Gasteiger partial charge in [0.2, 0.25) is 0 Å². The largest absolute Gasteiger partial charge is 0.507 e. The number of hydrogen-bond donors (Lipinski definition) is 2. The van der Waals surface area contributed by atoms with Crippen LogP contribution in [0.4, 0.5) is 4.39 Å². The van der Waals surface area contributed by atoms with Crippen LogP contribution in [0.15, 0.2) is 18.2 Å². The lowest BCUT2D eigenvalue weighted by molar-refractivity contribution is 0.0839. The third kappa shape index (κ3) is 3.37. The van der Waals surface area contributed by atoms with Gasteiger partial charge in [-0.3, -0.25) is 9.48 Å². The molecule has 1 aliphatic rings. The fourth-order valence-electron chi connectivity index (χ4n) is 3.38. The number of amides is 1. The number of hydrogen-bond acceptors (Lipinski definition) is 4. The fourth-order valence-corrected chi connectivity index (χ4v) is 3.38. The minimum Gasteiger partial charge on any atom is -0.507 e. The Morgan fingerprint density at radius 1 is 1.48 bits per heavy atom. The lowest BCUT2D eigenvalue weighted by atomic mass is 9.94. The number of nitrogens with zero attached hydrogens (tertiary/aromatic N) is 2. The Balaban J connectivity index is 1.71. The van der Waals surface area contributed by atoms with E-state index in [0.717, 1.165) is 35.5 Å². The van der Waals surface area contributed by atoms with Gasteiger partial charge in [0.25, 0.3) is 5.91 Å². The van der Waals surface area contributed by atoms with Gasteiger partial charge in [0.15, 0.2) is 0 Å². The van der Waals surface area contributed by atoms with E-state index < -0.39 is 11.7 Å². The number of aromatic hydroxyl groups is 1. The van der Waals surface area contributed by atoms with Crippen molar-refractivity contribution in [2.45, 2.75) is 26.4 Å². The van der Waals surface area contributed by atoms with Crippen LogP contribution in [0.25, 0.3) is 0 Å². The van der Waals surface area contributed by atoms with Crippen molar-refractivity contribution in [2.24, 2.45) is 13.0 Å². The number of rotatable bonds is 4. The number of ether oxygens (including phenoxy) is 1. The molecule has 1 aromatic carbocycles. The maximum Gasteiger partial charge on any atom is 0.255 e. The van der Waals surface area contributed by atoms with Crippen LogP contribution in [-0.4, -0.2) is 33.9 Å². The third-order valence-corrected chi connectivity index (χ3v) is 4.79. The first-order valence-electron chi connectivity index (χ1n) is 8.27. The Bertz CT molecular complexity index is 803. The summed E-state index contributed by atoms with van der Waals surface area (Å²) in [5, 5.41) is 17.0. The summed E-state index contributed by atoms with van der Waals surface area (Å²) in [5.74, 6) is -1.26. The Morgan fingerprint density at radius 2 is 2.24 bits per heavy atom. The summed E-state index contributed by atoms with van der Waals surface area (Å²) in [7, 11) is 1.90. The summed E-state index contributed by atoms with van der Waals surface area (Å²) in [6, 6.07) is 3.36. The topological polar surface area (TPSA) is 76.4 Å². The molecule has 1 saturated heterocycles. The SMILES string of the molecule is Cc1nn(C)c(C)c1[C@@H]1OCC[C@H]1CNC(=O)c1ccc(F)cc1O. The molecule has 1 aliphatic heterocycles. The van der Waals surface area contributed by atoms with Gasteiger partial charge in [-0.2, -0.15) is 5.10 Å². The van der Waals surface area contributed by atoms with Crippen molar-refractivity contribution in [3.63, 3.8) is 0 Å². The summed E-state index contributed by atoms with van der Waals surface area (Å²) in [4.78, 5) is 12.3. The van der Waals surface area contributed by atoms with Crippen molar-refractivity contribution in [1.29, 1.82) is 0 Å². The van der Waals surface area contributed by atoms with Crippen LogP contribution in [0.3, 0.4) is 0 Å². The zero-order valence-electron chi connectivity index (χ0n) is 14.5. The van der Waals surface area contributed by atoms with Gasteiger partial charge in [0, 0.05) is 43.4 Å². The van der Waals surface area contributed by atoms with Gasteiger partial charge in [0.1, 0.15) is 11.6 Å². The second-order valence-electron chi connectivity index (χ2n) is 6.42. The normalized spacial score (nSPS) is 20.0. The molecule has 2 N–H and O–H groups in total. The number of benzene rings is 1. The highest BCUT2D eigenvalue weighted by Gasteiger charge is 2.33. The molecule has 0 spiro atoms. The number of carbonyl (C=O) groups is 1. The first-order valence-corrected chi connectivity index (χ1v) is 8.27. The molecule has 2 aromatic rings. The number of phenols is 1. The molecule has 6 nitrogen and oxygen atoms in total. The van der Waals surface area contributed by atoms with Crippen LogP contribution in [0.5, 0.6) is 5.75 Å². The highest BCUT2D eigenvalue weighted by Crippen LogP contribution is 2.37. The van der Waals surface area contributed by atoms with E-state index in [-0.39, 0.29) is 23.3 Å². The molecule has 1 aromatic heterocycles. The third-order valence-electron chi connectivity index (χ3n) is 4.79.